The van der Waals surface area contributed by atoms with Crippen molar-refractivity contribution in [3.63, 3.8) is 0 Å². The van der Waals surface area contributed by atoms with Crippen LogP contribution in [0.15, 0.2) is 48.6 Å². The van der Waals surface area contributed by atoms with Crippen LogP contribution < -0.4 is 10.2 Å². The van der Waals surface area contributed by atoms with Gasteiger partial charge in [0.15, 0.2) is 6.61 Å². The molecule has 0 fully saturated rings. The summed E-state index contributed by atoms with van der Waals surface area (Å²) in [5.41, 5.74) is 1.69. The number of anilines is 2. The average molecular weight is 288 g/mol. The van der Waals surface area contributed by atoms with Gasteiger partial charge in [0.05, 0.1) is 0 Å². The Bertz CT molecular complexity index is 531. The zero-order valence-electron chi connectivity index (χ0n) is 12.5. The molecule has 0 spiro atoms. The number of hydrogen-bond acceptors (Lipinski definition) is 4. The van der Waals surface area contributed by atoms with Crippen molar-refractivity contribution in [2.24, 2.45) is 0 Å². The second kappa shape index (κ2) is 8.58. The number of ether oxygens (including phenoxy) is 1. The summed E-state index contributed by atoms with van der Waals surface area (Å²) in [5, 5.41) is 2.66. The summed E-state index contributed by atoms with van der Waals surface area (Å²) < 4.78 is 4.80. The molecule has 0 radical (unpaired) electrons. The van der Waals surface area contributed by atoms with Crippen molar-refractivity contribution in [2.45, 2.75) is 6.92 Å². The quantitative estimate of drug-likeness (QED) is 0.496. The fourth-order valence-electron chi connectivity index (χ4n) is 1.47. The summed E-state index contributed by atoms with van der Waals surface area (Å²) >= 11 is 0. The van der Waals surface area contributed by atoms with E-state index in [1.165, 1.54) is 6.08 Å². The molecule has 1 amide bonds. The van der Waals surface area contributed by atoms with E-state index < -0.39 is 5.97 Å². The molecule has 0 saturated carbocycles. The first-order valence-corrected chi connectivity index (χ1v) is 6.56. The molecule has 0 atom stereocenters. The van der Waals surface area contributed by atoms with E-state index in [0.29, 0.717) is 5.69 Å². The first-order valence-electron chi connectivity index (χ1n) is 6.56. The van der Waals surface area contributed by atoms with Gasteiger partial charge in [-0.3, -0.25) is 4.79 Å². The number of carbonyl (C=O) groups is 2. The largest absolute Gasteiger partial charge is 0.452 e. The van der Waals surface area contributed by atoms with Gasteiger partial charge in [-0.25, -0.2) is 4.79 Å². The average Bonchev–Trinajstić information content (AvgIpc) is 2.46. The van der Waals surface area contributed by atoms with Crippen molar-refractivity contribution in [2.75, 3.05) is 30.9 Å². The van der Waals surface area contributed by atoms with Crippen molar-refractivity contribution in [1.29, 1.82) is 0 Å². The third-order valence-electron chi connectivity index (χ3n) is 2.55. The minimum absolute atomic E-state index is 0.311. The molecule has 1 rings (SSSR count). The number of carbonyl (C=O) groups excluding carboxylic acids is 2. The maximum atomic E-state index is 11.6. The van der Waals surface area contributed by atoms with Crippen LogP contribution in [0.25, 0.3) is 0 Å². The Kier molecular flexibility index (Phi) is 6.74. The second-order valence-electron chi connectivity index (χ2n) is 4.48. The lowest BCUT2D eigenvalue weighted by atomic mass is 10.2. The van der Waals surface area contributed by atoms with Crippen LogP contribution in [0.3, 0.4) is 0 Å². The fraction of sp³-hybridized carbons (Fsp3) is 0.250. The molecule has 0 saturated heterocycles. The van der Waals surface area contributed by atoms with Gasteiger partial charge >= 0.3 is 5.97 Å². The van der Waals surface area contributed by atoms with E-state index in [0.717, 1.165) is 5.69 Å². The molecule has 0 unspecified atom stereocenters. The van der Waals surface area contributed by atoms with Crippen LogP contribution in [0.5, 0.6) is 0 Å². The minimum atomic E-state index is -0.550. The molecule has 1 N–H and O–H groups in total. The van der Waals surface area contributed by atoms with Crippen LogP contribution in [-0.2, 0) is 14.3 Å². The maximum Gasteiger partial charge on any atom is 0.331 e. The van der Waals surface area contributed by atoms with Gasteiger partial charge in [-0.05, 0) is 31.2 Å². The number of esters is 1. The van der Waals surface area contributed by atoms with Crippen LogP contribution in [-0.4, -0.2) is 32.6 Å². The summed E-state index contributed by atoms with van der Waals surface area (Å²) in [5.74, 6) is -0.924. The smallest absolute Gasteiger partial charge is 0.331 e. The molecular weight excluding hydrogens is 268 g/mol. The maximum absolute atomic E-state index is 11.6. The monoisotopic (exact) mass is 288 g/mol. The zero-order chi connectivity index (χ0) is 15.7. The van der Waals surface area contributed by atoms with E-state index in [4.69, 9.17) is 4.74 Å². The number of nitrogens with zero attached hydrogens (tertiary/aromatic N) is 1. The molecule has 0 aliphatic rings. The van der Waals surface area contributed by atoms with Crippen molar-refractivity contribution in [3.8, 4) is 0 Å². The highest BCUT2D eigenvalue weighted by Crippen LogP contribution is 2.15. The van der Waals surface area contributed by atoms with Crippen LogP contribution in [0.1, 0.15) is 6.92 Å². The molecule has 0 aliphatic carbocycles. The van der Waals surface area contributed by atoms with E-state index >= 15 is 0 Å². The Balaban J connectivity index is 2.41. The highest BCUT2D eigenvalue weighted by atomic mass is 16.5. The van der Waals surface area contributed by atoms with Gasteiger partial charge in [0, 0.05) is 31.5 Å². The molecule has 0 heterocycles. The van der Waals surface area contributed by atoms with Gasteiger partial charge in [0.25, 0.3) is 5.91 Å². The van der Waals surface area contributed by atoms with Crippen LogP contribution in [0.4, 0.5) is 11.4 Å². The van der Waals surface area contributed by atoms with Crippen molar-refractivity contribution < 1.29 is 14.3 Å². The molecule has 112 valence electrons. The van der Waals surface area contributed by atoms with Crippen molar-refractivity contribution in [3.05, 3.63) is 48.6 Å². The predicted octanol–water partition coefficient (Wildman–Crippen LogP) is 2.37. The Morgan fingerprint density at radius 1 is 1.19 bits per heavy atom. The van der Waals surface area contributed by atoms with E-state index in [1.54, 1.807) is 30.4 Å². The summed E-state index contributed by atoms with van der Waals surface area (Å²) in [4.78, 5) is 24.9. The van der Waals surface area contributed by atoms with Gasteiger partial charge in [0.1, 0.15) is 0 Å². The number of rotatable bonds is 6. The number of nitrogens with one attached hydrogen (secondary N) is 1. The first-order chi connectivity index (χ1) is 10.0. The third kappa shape index (κ3) is 6.42. The molecule has 0 bridgehead atoms. The molecule has 21 heavy (non-hydrogen) atoms. The molecular formula is C16H20N2O3. The van der Waals surface area contributed by atoms with E-state index in [-0.39, 0.29) is 12.5 Å². The summed E-state index contributed by atoms with van der Waals surface area (Å²) in [7, 11) is 3.88. The summed E-state index contributed by atoms with van der Waals surface area (Å²) in [6.45, 7) is 1.53. The lowest BCUT2D eigenvalue weighted by molar-refractivity contribution is -0.142. The summed E-state index contributed by atoms with van der Waals surface area (Å²) in [6, 6.07) is 7.37. The molecule has 5 nitrogen and oxygen atoms in total. The van der Waals surface area contributed by atoms with Gasteiger partial charge in [0.2, 0.25) is 0 Å². The molecule has 1 aromatic rings. The van der Waals surface area contributed by atoms with Gasteiger partial charge in [-0.15, -0.1) is 0 Å². The van der Waals surface area contributed by atoms with E-state index in [2.05, 4.69) is 5.32 Å². The van der Waals surface area contributed by atoms with Gasteiger partial charge in [-0.2, -0.15) is 0 Å². The third-order valence-corrected chi connectivity index (χ3v) is 2.55. The van der Waals surface area contributed by atoms with Crippen LogP contribution in [0.2, 0.25) is 0 Å². The van der Waals surface area contributed by atoms with Crippen molar-refractivity contribution >= 4 is 23.3 Å². The molecule has 1 aromatic carbocycles. The fourth-order valence-corrected chi connectivity index (χ4v) is 1.47. The number of allylic oxidation sites excluding steroid dienone is 3. The highest BCUT2D eigenvalue weighted by Gasteiger charge is 2.05. The van der Waals surface area contributed by atoms with E-state index in [9.17, 15) is 9.59 Å². The standard InChI is InChI=1S/C16H20N2O3/c1-4-5-6-7-16(20)21-12-15(19)17-13-8-10-14(11-9-13)18(2)3/h4-11H,12H2,1-3H3,(H,17,19)/b5-4+,7-6+. The molecule has 0 aromatic heterocycles. The minimum Gasteiger partial charge on any atom is -0.452 e. The van der Waals surface area contributed by atoms with Crippen molar-refractivity contribution in [1.82, 2.24) is 0 Å². The van der Waals surface area contributed by atoms with Gasteiger partial charge in [-0.1, -0.05) is 18.2 Å². The lowest BCUT2D eigenvalue weighted by Gasteiger charge is -2.13. The lowest BCUT2D eigenvalue weighted by Crippen LogP contribution is -2.20. The number of amides is 1. The zero-order valence-corrected chi connectivity index (χ0v) is 12.5. The highest BCUT2D eigenvalue weighted by molar-refractivity contribution is 5.93. The number of hydrogen-bond donors (Lipinski definition) is 1. The normalized spacial score (nSPS) is 10.8. The molecule has 0 aliphatic heterocycles. The topological polar surface area (TPSA) is 58.6 Å². The second-order valence-corrected chi connectivity index (χ2v) is 4.48. The molecule has 5 heteroatoms. The first kappa shape index (κ1) is 16.5. The Morgan fingerprint density at radius 3 is 2.43 bits per heavy atom. The summed E-state index contributed by atoms with van der Waals surface area (Å²) in [6.07, 6.45) is 6.31. The Labute approximate surface area is 124 Å². The van der Waals surface area contributed by atoms with Gasteiger partial charge < -0.3 is 15.0 Å². The number of benzene rings is 1. The Morgan fingerprint density at radius 2 is 1.86 bits per heavy atom. The van der Waals surface area contributed by atoms with Crippen LogP contribution >= 0.6 is 0 Å². The van der Waals surface area contributed by atoms with E-state index in [1.807, 2.05) is 38.1 Å². The SMILES string of the molecule is C/C=C/C=C/C(=O)OCC(=O)Nc1ccc(N(C)C)cc1. The Hall–Kier alpha value is -2.56. The predicted molar refractivity (Wildman–Crippen MR) is 84.3 cm³/mol. The van der Waals surface area contributed by atoms with Crippen LogP contribution in [0, 0.1) is 0 Å².